The standard InChI is InChI=1S/C24H29N5O3S/c1-17-20(28-14-15-33-22(28)25-17)16-27-12-9-24(10-13-27)21(30)26(2)23(31)29(24)11-8-18-4-6-19(32-3)7-5-18/h4-7,14-15H,8-13,16H2,1-3H3. The second kappa shape index (κ2) is 8.46. The fourth-order valence-electron chi connectivity index (χ4n) is 5.13. The summed E-state index contributed by atoms with van der Waals surface area (Å²) in [5, 5.41) is 2.05. The molecule has 9 heteroatoms. The van der Waals surface area contributed by atoms with E-state index in [-0.39, 0.29) is 11.9 Å². The molecule has 2 fully saturated rings. The lowest BCUT2D eigenvalue weighted by Gasteiger charge is -2.42. The number of ether oxygens (including phenoxy) is 1. The van der Waals surface area contributed by atoms with Gasteiger partial charge in [0.1, 0.15) is 11.3 Å². The molecule has 0 saturated carbocycles. The molecule has 5 rings (SSSR count). The van der Waals surface area contributed by atoms with Gasteiger partial charge in [0.15, 0.2) is 4.96 Å². The molecule has 3 aromatic rings. The molecule has 2 saturated heterocycles. The van der Waals surface area contributed by atoms with Crippen molar-refractivity contribution < 1.29 is 14.3 Å². The van der Waals surface area contributed by atoms with Gasteiger partial charge < -0.3 is 9.64 Å². The minimum atomic E-state index is -0.737. The Labute approximate surface area is 197 Å². The Balaban J connectivity index is 1.29. The van der Waals surface area contributed by atoms with E-state index in [4.69, 9.17) is 4.74 Å². The first-order chi connectivity index (χ1) is 15.9. The highest BCUT2D eigenvalue weighted by molar-refractivity contribution is 7.15. The molecular weight excluding hydrogens is 438 g/mol. The monoisotopic (exact) mass is 467 g/mol. The van der Waals surface area contributed by atoms with Crippen molar-refractivity contribution in [2.75, 3.05) is 33.8 Å². The van der Waals surface area contributed by atoms with Crippen molar-refractivity contribution in [3.05, 3.63) is 52.8 Å². The molecule has 33 heavy (non-hydrogen) atoms. The lowest BCUT2D eigenvalue weighted by Crippen LogP contribution is -2.56. The summed E-state index contributed by atoms with van der Waals surface area (Å²) in [4.78, 5) is 37.4. The van der Waals surface area contributed by atoms with Gasteiger partial charge in [-0.2, -0.15) is 0 Å². The number of rotatable bonds is 6. The number of carbonyl (C=O) groups is 2. The van der Waals surface area contributed by atoms with Crippen LogP contribution in [-0.4, -0.2) is 75.4 Å². The number of likely N-dealkylation sites (N-methyl/N-ethyl adjacent to an activating group) is 1. The summed E-state index contributed by atoms with van der Waals surface area (Å²) >= 11 is 1.64. The van der Waals surface area contributed by atoms with Crippen LogP contribution in [0.2, 0.25) is 0 Å². The number of hydrogen-bond donors (Lipinski definition) is 0. The van der Waals surface area contributed by atoms with Gasteiger partial charge in [0.2, 0.25) is 0 Å². The molecule has 2 aliphatic rings. The number of urea groups is 1. The van der Waals surface area contributed by atoms with Crippen molar-refractivity contribution in [3.8, 4) is 5.75 Å². The number of thiazole rings is 1. The number of carbonyl (C=O) groups excluding carboxylic acids is 2. The molecule has 2 aromatic heterocycles. The lowest BCUT2D eigenvalue weighted by atomic mass is 9.85. The van der Waals surface area contributed by atoms with Gasteiger partial charge in [-0.15, -0.1) is 11.3 Å². The quantitative estimate of drug-likeness (QED) is 0.521. The first-order valence-electron chi connectivity index (χ1n) is 11.3. The molecule has 0 aliphatic carbocycles. The minimum absolute atomic E-state index is 0.0670. The van der Waals surface area contributed by atoms with E-state index >= 15 is 0 Å². The van der Waals surface area contributed by atoms with Gasteiger partial charge in [-0.1, -0.05) is 12.1 Å². The third-order valence-electron chi connectivity index (χ3n) is 7.14. The zero-order valence-electron chi connectivity index (χ0n) is 19.3. The fourth-order valence-corrected chi connectivity index (χ4v) is 5.91. The van der Waals surface area contributed by atoms with Crippen molar-refractivity contribution in [2.45, 2.75) is 38.3 Å². The molecule has 0 N–H and O–H groups in total. The normalized spacial score (nSPS) is 18.8. The van der Waals surface area contributed by atoms with Gasteiger partial charge in [-0.05, 0) is 43.9 Å². The van der Waals surface area contributed by atoms with Gasteiger partial charge in [0.05, 0.1) is 18.5 Å². The largest absolute Gasteiger partial charge is 0.497 e. The van der Waals surface area contributed by atoms with E-state index in [1.54, 1.807) is 25.5 Å². The van der Waals surface area contributed by atoms with Crippen LogP contribution in [0, 0.1) is 6.92 Å². The number of piperidine rings is 1. The number of amides is 3. The van der Waals surface area contributed by atoms with Gasteiger partial charge in [-0.3, -0.25) is 19.0 Å². The SMILES string of the molecule is COc1ccc(CCN2C(=O)N(C)C(=O)C23CCN(Cc2c(C)nc4sccn24)CC3)cc1. The molecule has 0 bridgehead atoms. The summed E-state index contributed by atoms with van der Waals surface area (Å²) in [5.74, 6) is 0.741. The van der Waals surface area contributed by atoms with E-state index in [0.29, 0.717) is 25.8 Å². The number of aromatic nitrogens is 2. The molecule has 3 amide bonds. The Bertz CT molecular complexity index is 1180. The summed E-state index contributed by atoms with van der Waals surface area (Å²) in [5.41, 5.74) is 2.63. The van der Waals surface area contributed by atoms with Crippen molar-refractivity contribution in [1.29, 1.82) is 0 Å². The van der Waals surface area contributed by atoms with E-state index in [0.717, 1.165) is 41.6 Å². The summed E-state index contributed by atoms with van der Waals surface area (Å²) in [6.07, 6.45) is 4.06. The van der Waals surface area contributed by atoms with Gasteiger partial charge >= 0.3 is 6.03 Å². The molecule has 0 atom stereocenters. The number of likely N-dealkylation sites (tertiary alicyclic amines) is 1. The van der Waals surface area contributed by atoms with Crippen LogP contribution in [0.15, 0.2) is 35.8 Å². The van der Waals surface area contributed by atoms with Gasteiger partial charge in [0.25, 0.3) is 5.91 Å². The Morgan fingerprint density at radius 3 is 2.58 bits per heavy atom. The number of imide groups is 1. The topological polar surface area (TPSA) is 70.4 Å². The molecule has 0 unspecified atom stereocenters. The maximum atomic E-state index is 13.2. The number of hydrogen-bond acceptors (Lipinski definition) is 6. The number of imidazole rings is 1. The van der Waals surface area contributed by atoms with Crippen molar-refractivity contribution in [2.24, 2.45) is 0 Å². The third kappa shape index (κ3) is 3.69. The van der Waals surface area contributed by atoms with Crippen LogP contribution in [0.5, 0.6) is 5.75 Å². The number of nitrogens with zero attached hydrogens (tertiary/aromatic N) is 5. The van der Waals surface area contributed by atoms with Crippen molar-refractivity contribution in [3.63, 3.8) is 0 Å². The smallest absolute Gasteiger partial charge is 0.327 e. The molecule has 1 aromatic carbocycles. The van der Waals surface area contributed by atoms with Crippen LogP contribution in [0.3, 0.4) is 0 Å². The first-order valence-corrected chi connectivity index (χ1v) is 12.2. The highest BCUT2D eigenvalue weighted by Gasteiger charge is 2.56. The highest BCUT2D eigenvalue weighted by Crippen LogP contribution is 2.37. The second-order valence-electron chi connectivity index (χ2n) is 8.90. The predicted molar refractivity (Wildman–Crippen MR) is 127 cm³/mol. The molecule has 0 radical (unpaired) electrons. The fraction of sp³-hybridized carbons (Fsp3) is 0.458. The number of aryl methyl sites for hydroxylation is 1. The summed E-state index contributed by atoms with van der Waals surface area (Å²) in [7, 11) is 3.25. The predicted octanol–water partition coefficient (Wildman–Crippen LogP) is 3.18. The summed E-state index contributed by atoms with van der Waals surface area (Å²) in [6, 6.07) is 7.69. The van der Waals surface area contributed by atoms with Crippen molar-refractivity contribution >= 4 is 28.2 Å². The Hall–Kier alpha value is -2.91. The Kier molecular flexibility index (Phi) is 5.62. The van der Waals surface area contributed by atoms with Crippen LogP contribution in [-0.2, 0) is 17.8 Å². The molecule has 1 spiro atoms. The van der Waals surface area contributed by atoms with Gasteiger partial charge in [0, 0.05) is 44.8 Å². The zero-order chi connectivity index (χ0) is 23.2. The second-order valence-corrected chi connectivity index (χ2v) is 9.78. The Morgan fingerprint density at radius 1 is 1.15 bits per heavy atom. The Morgan fingerprint density at radius 2 is 1.88 bits per heavy atom. The minimum Gasteiger partial charge on any atom is -0.497 e. The maximum absolute atomic E-state index is 13.2. The van der Waals surface area contributed by atoms with Crippen LogP contribution in [0.4, 0.5) is 4.79 Å². The van der Waals surface area contributed by atoms with E-state index in [2.05, 4.69) is 32.8 Å². The molecule has 174 valence electrons. The number of benzene rings is 1. The van der Waals surface area contributed by atoms with Crippen LogP contribution in [0.25, 0.3) is 4.96 Å². The van der Waals surface area contributed by atoms with Crippen LogP contribution < -0.4 is 4.74 Å². The third-order valence-corrected chi connectivity index (χ3v) is 7.89. The van der Waals surface area contributed by atoms with Gasteiger partial charge in [-0.25, -0.2) is 9.78 Å². The zero-order valence-corrected chi connectivity index (χ0v) is 20.1. The number of methoxy groups -OCH3 is 1. The van der Waals surface area contributed by atoms with Crippen LogP contribution >= 0.6 is 11.3 Å². The highest BCUT2D eigenvalue weighted by atomic mass is 32.1. The molecular formula is C24H29N5O3S. The molecule has 8 nitrogen and oxygen atoms in total. The number of fused-ring (bicyclic) bond motifs is 1. The van der Waals surface area contributed by atoms with E-state index < -0.39 is 5.54 Å². The van der Waals surface area contributed by atoms with Crippen LogP contribution in [0.1, 0.15) is 29.8 Å². The average molecular weight is 468 g/mol. The summed E-state index contributed by atoms with van der Waals surface area (Å²) in [6.45, 7) is 4.91. The van der Waals surface area contributed by atoms with E-state index in [9.17, 15) is 9.59 Å². The first kappa shape index (κ1) is 21.9. The molecule has 4 heterocycles. The maximum Gasteiger partial charge on any atom is 0.327 e. The summed E-state index contributed by atoms with van der Waals surface area (Å²) < 4.78 is 7.39. The van der Waals surface area contributed by atoms with E-state index in [1.807, 2.05) is 29.2 Å². The van der Waals surface area contributed by atoms with E-state index in [1.165, 1.54) is 10.6 Å². The van der Waals surface area contributed by atoms with Crippen molar-refractivity contribution in [1.82, 2.24) is 24.1 Å². The lowest BCUT2D eigenvalue weighted by molar-refractivity contribution is -0.134. The molecule has 2 aliphatic heterocycles. The average Bonchev–Trinajstić information content (AvgIpc) is 3.45.